The first-order valence-electron chi connectivity index (χ1n) is 44.0. The van der Waals surface area contributed by atoms with Crippen LogP contribution in [0.2, 0.25) is 0 Å². The van der Waals surface area contributed by atoms with Crippen LogP contribution < -0.4 is 0 Å². The molecule has 128 heavy (non-hydrogen) atoms. The van der Waals surface area contributed by atoms with Crippen LogP contribution in [-0.2, 0) is 84.9 Å². The van der Waals surface area contributed by atoms with E-state index in [1.54, 1.807) is 41.5 Å². The zero-order valence-electron chi connectivity index (χ0n) is 73.4. The maximum atomic E-state index is 13.3. The van der Waals surface area contributed by atoms with Crippen LogP contribution in [0.4, 0.5) is 0 Å². The van der Waals surface area contributed by atoms with Crippen molar-refractivity contribution in [3.8, 4) is 44.5 Å². The van der Waals surface area contributed by atoms with E-state index in [1.165, 1.54) is 38.1 Å². The number of nitrogens with one attached hydrogen (secondary N) is 4. The highest BCUT2D eigenvalue weighted by Gasteiger charge is 2.48. The second-order valence-electron chi connectivity index (χ2n) is 36.8. The van der Waals surface area contributed by atoms with Gasteiger partial charge in [-0.2, -0.15) is 37.6 Å². The minimum absolute atomic E-state index is 0.0373. The van der Waals surface area contributed by atoms with Crippen LogP contribution in [-0.4, -0.2) is 170 Å². The minimum Gasteiger partial charge on any atom is -0.347 e. The Balaban J connectivity index is 0.000000120. The number of hydrogen-bond acceptors (Lipinski definition) is 12. The molecule has 4 fully saturated rings. The van der Waals surface area contributed by atoms with Gasteiger partial charge >= 0.3 is 0 Å². The molecular formula is C100H112N16O8S4. The summed E-state index contributed by atoms with van der Waals surface area (Å²) in [5.74, 6) is 1.45. The molecule has 12 heterocycles. The molecule has 0 radical (unpaired) electrons. The molecule has 24 nitrogen and oxygen atoms in total. The molecule has 4 aliphatic heterocycles. The Morgan fingerprint density at radius 1 is 0.336 bits per heavy atom. The first-order valence-corrected chi connectivity index (χ1v) is 50.3. The smallest absolute Gasteiger partial charge is 0.243 e. The molecule has 4 aliphatic rings. The molecule has 8 aromatic carbocycles. The fourth-order valence-electron chi connectivity index (χ4n) is 20.0. The van der Waals surface area contributed by atoms with E-state index in [9.17, 15) is 33.7 Å². The Bertz CT molecular complexity index is 6940. The molecule has 0 spiro atoms. The Morgan fingerprint density at radius 2 is 0.648 bits per heavy atom. The topological polar surface area (TPSA) is 284 Å². The number of aromatic nitrogens is 12. The fourth-order valence-corrected chi connectivity index (χ4v) is 27.7. The maximum Gasteiger partial charge on any atom is 0.243 e. The van der Waals surface area contributed by atoms with Gasteiger partial charge < -0.3 is 18.3 Å². The molecule has 16 aromatic rings. The number of sulfonamides is 4. The van der Waals surface area contributed by atoms with Crippen molar-refractivity contribution in [2.24, 2.45) is 23.7 Å². The first kappa shape index (κ1) is 88.4. The number of aromatic amines is 4. The summed E-state index contributed by atoms with van der Waals surface area (Å²) in [5, 5.41) is 32.3. The molecule has 20 rings (SSSR count). The van der Waals surface area contributed by atoms with Gasteiger partial charge in [0.2, 0.25) is 40.1 Å². The van der Waals surface area contributed by atoms with Crippen molar-refractivity contribution in [2.75, 3.05) is 37.7 Å². The lowest BCUT2D eigenvalue weighted by atomic mass is 9.97. The van der Waals surface area contributed by atoms with E-state index >= 15 is 0 Å². The summed E-state index contributed by atoms with van der Waals surface area (Å²) >= 11 is 0. The summed E-state index contributed by atoms with van der Waals surface area (Å²) in [4.78, 5) is 0.363. The first-order chi connectivity index (χ1) is 61.5. The van der Waals surface area contributed by atoms with Crippen molar-refractivity contribution >= 4 is 83.7 Å². The van der Waals surface area contributed by atoms with Crippen LogP contribution in [0.1, 0.15) is 90.8 Å². The second kappa shape index (κ2) is 36.9. The van der Waals surface area contributed by atoms with Crippen LogP contribution in [0.15, 0.2) is 298 Å². The maximum absolute atomic E-state index is 13.3. The van der Waals surface area contributed by atoms with Crippen LogP contribution >= 0.6 is 0 Å². The van der Waals surface area contributed by atoms with Gasteiger partial charge in [0.15, 0.2) is 0 Å². The predicted molar refractivity (Wildman–Crippen MR) is 510 cm³/mol. The van der Waals surface area contributed by atoms with Crippen LogP contribution in [0.25, 0.3) is 88.1 Å². The molecular weight excluding hydrogens is 1680 g/mol. The van der Waals surface area contributed by atoms with E-state index in [0.29, 0.717) is 49.8 Å². The summed E-state index contributed by atoms with van der Waals surface area (Å²) in [6.45, 7) is 19.7. The Kier molecular flexibility index (Phi) is 25.5. The van der Waals surface area contributed by atoms with Gasteiger partial charge in [-0.3, -0.25) is 20.4 Å². The van der Waals surface area contributed by atoms with Crippen molar-refractivity contribution < 1.29 is 33.7 Å². The van der Waals surface area contributed by atoms with Gasteiger partial charge in [0.1, 0.15) is 0 Å². The highest BCUT2D eigenvalue weighted by Crippen LogP contribution is 2.43. The highest BCUT2D eigenvalue weighted by molar-refractivity contribution is 7.89. The molecule has 8 aromatic heterocycles. The van der Waals surface area contributed by atoms with Crippen molar-refractivity contribution in [2.45, 2.75) is 146 Å². The average Bonchev–Trinajstić information content (AvgIpc) is 1.59. The molecule has 664 valence electrons. The van der Waals surface area contributed by atoms with E-state index in [0.717, 1.165) is 119 Å². The third-order valence-electron chi connectivity index (χ3n) is 26.0. The number of H-pyrrole nitrogens is 4. The third kappa shape index (κ3) is 19.8. The lowest BCUT2D eigenvalue weighted by Crippen LogP contribution is -2.44. The summed E-state index contributed by atoms with van der Waals surface area (Å²) in [6.07, 6.45) is 27.8. The van der Waals surface area contributed by atoms with Crippen molar-refractivity contribution in [3.63, 3.8) is 0 Å². The summed E-state index contributed by atoms with van der Waals surface area (Å²) in [5.41, 5.74) is 15.2. The third-order valence-corrected chi connectivity index (χ3v) is 34.1. The molecule has 0 saturated carbocycles. The zero-order valence-corrected chi connectivity index (χ0v) is 76.7. The normalized spacial score (nSPS) is 19.2. The molecule has 28 heteroatoms. The average molecular weight is 1790 g/mol. The van der Waals surface area contributed by atoms with Gasteiger partial charge in [-0.05, 0) is 235 Å². The molecule has 0 aliphatic carbocycles. The van der Waals surface area contributed by atoms with Crippen LogP contribution in [0, 0.1) is 23.7 Å². The number of aryl methyl sites for hydroxylation is 2. The molecule has 5 atom stereocenters. The highest BCUT2D eigenvalue weighted by atomic mass is 32.2. The molecule has 0 amide bonds. The lowest BCUT2D eigenvalue weighted by molar-refractivity contribution is 0.290. The standard InChI is InChI=1S/C26H30N4O2S.2C25H28N4O2S.C24H26N4O2S/c1-26(2)15-21(19-30(26)33(31,32)13-11-20-6-4-3-5-7-20)18-29-12-10-23-14-22(8-9-25(23)29)24-16-27-28-17-24;1-25(2)13-20(17-29(25)32(30,31)18-19-6-4-3-5-7-19)16-28-11-10-22-12-21(8-9-24(22)28)23-14-26-27-15-23;1-19-13-21(18-29(19)32(30,31)12-10-20-5-3-2-4-6-20)17-28-11-9-23-14-22(7-8-25(23)28)24-15-26-27-16-24;1-24(2)13-18(17-28(24)31(29,30)22-6-4-3-5-7-22)16-27-11-10-20-12-19(8-9-23(20)27)21-14-25-26-15-21/h3-10,12,14,16-17,21H,11,13,15,18-19H2,1-2H3,(H,27,28);3-12,14-15,20H,13,16-18H2,1-2H3,(H,26,27);2-9,11,14-16,19,21H,10,12-13,17-18H2,1H3,(H,26,27);3-12,14-15,18H,13,16-17H2,1-2H3,(H,25,26)/t;;19-,21?;/m..1./s1. The number of hydrogen-bond donors (Lipinski definition) is 4. The molecule has 0 bridgehead atoms. The second-order valence-corrected chi connectivity index (χ2v) is 44.6. The Hall–Kier alpha value is -11.6. The molecule has 4 N–H and O–H groups in total. The SMILES string of the molecule is CC1(C)CC(Cn2ccc3cc(-c4cn[nH]c4)ccc32)CN1S(=O)(=O)CCc1ccccc1.CC1(C)CC(Cn2ccc3cc(-c4cn[nH]c4)ccc32)CN1S(=O)(=O)Cc1ccccc1.CC1(C)CC(Cn2ccc3cc(-c4cn[nH]c4)ccc32)CN1S(=O)(=O)c1ccccc1.C[C@@H]1CC(Cn2ccc3cc(-c4cn[nH]c4)ccc32)CN1S(=O)(=O)CCc1ccccc1. The minimum atomic E-state index is -3.52. The van der Waals surface area contributed by atoms with Gasteiger partial charge in [-0.25, -0.2) is 33.7 Å². The van der Waals surface area contributed by atoms with Gasteiger partial charge in [0.05, 0.1) is 46.9 Å². The largest absolute Gasteiger partial charge is 0.347 e. The number of fused-ring (bicyclic) bond motifs is 4. The number of nitrogens with zero attached hydrogens (tertiary/aromatic N) is 12. The van der Waals surface area contributed by atoms with Gasteiger partial charge in [-0.15, -0.1) is 0 Å². The lowest BCUT2D eigenvalue weighted by Gasteiger charge is -2.30. The van der Waals surface area contributed by atoms with Gasteiger partial charge in [-0.1, -0.05) is 133 Å². The van der Waals surface area contributed by atoms with E-state index in [1.807, 2.05) is 181 Å². The van der Waals surface area contributed by atoms with E-state index in [2.05, 4.69) is 195 Å². The van der Waals surface area contributed by atoms with Gasteiger partial charge in [0, 0.05) is 190 Å². The Labute approximate surface area is 750 Å². The summed E-state index contributed by atoms with van der Waals surface area (Å²) in [6, 6.07) is 72.1. The van der Waals surface area contributed by atoms with E-state index < -0.39 is 51.2 Å². The Morgan fingerprint density at radius 3 is 1.00 bits per heavy atom. The quantitative estimate of drug-likeness (QED) is 0.0416. The predicted octanol–water partition coefficient (Wildman–Crippen LogP) is 18.2. The van der Waals surface area contributed by atoms with Crippen LogP contribution in [0.3, 0.4) is 0 Å². The van der Waals surface area contributed by atoms with E-state index in [-0.39, 0.29) is 46.6 Å². The van der Waals surface area contributed by atoms with Crippen molar-refractivity contribution in [3.05, 3.63) is 309 Å². The summed E-state index contributed by atoms with van der Waals surface area (Å²) < 4.78 is 121. The number of benzene rings is 8. The summed E-state index contributed by atoms with van der Waals surface area (Å²) in [7, 11) is -13.5. The fraction of sp³-hybridized carbons (Fsp3) is 0.320. The van der Waals surface area contributed by atoms with Crippen molar-refractivity contribution in [1.82, 2.24) is 76.3 Å². The van der Waals surface area contributed by atoms with Gasteiger partial charge in [0.25, 0.3) is 0 Å². The van der Waals surface area contributed by atoms with E-state index in [4.69, 9.17) is 0 Å². The number of rotatable bonds is 25. The molecule has 4 unspecified atom stereocenters. The monoisotopic (exact) mass is 1790 g/mol. The molecule has 4 saturated heterocycles. The zero-order chi connectivity index (χ0) is 89.2. The van der Waals surface area contributed by atoms with Crippen LogP contribution in [0.5, 0.6) is 0 Å². The van der Waals surface area contributed by atoms with Crippen molar-refractivity contribution in [1.29, 1.82) is 0 Å².